The smallest absolute Gasteiger partial charge is 0.481 e. The fourth-order valence-electron chi connectivity index (χ4n) is 1.74. The molecule has 6 nitrogen and oxygen atoms in total. The second-order valence-corrected chi connectivity index (χ2v) is 8.61. The van der Waals surface area contributed by atoms with Crippen LogP contribution in [-0.4, -0.2) is 22.3 Å². The Morgan fingerprint density at radius 2 is 1.61 bits per heavy atom. The van der Waals surface area contributed by atoms with E-state index in [9.17, 15) is 9.36 Å². The summed E-state index contributed by atoms with van der Waals surface area (Å²) in [5, 5.41) is 8.85. The number of phosphoric acid groups is 1. The van der Waals surface area contributed by atoms with Crippen molar-refractivity contribution in [1.82, 2.24) is 0 Å². The second kappa shape index (κ2) is 7.04. The van der Waals surface area contributed by atoms with Gasteiger partial charge in [0.15, 0.2) is 0 Å². The lowest BCUT2D eigenvalue weighted by molar-refractivity contribution is -0.136. The standard InChI is InChI=1S/C16H25O6P/c1-15(2,3)21-23(19,22-16(4,5)6)20-13-9-7-8-12(10-13)11-14(17)18/h7-10H,11H2,1-6H3,(H,17,18). The van der Waals surface area contributed by atoms with Crippen LogP contribution in [0.3, 0.4) is 0 Å². The molecule has 0 amide bonds. The fourth-order valence-corrected chi connectivity index (χ4v) is 3.57. The molecular formula is C16H25O6P. The zero-order valence-corrected chi connectivity index (χ0v) is 15.3. The number of carboxylic acids is 1. The maximum absolute atomic E-state index is 13.0. The Kier molecular flexibility index (Phi) is 6.02. The minimum Gasteiger partial charge on any atom is -0.481 e. The summed E-state index contributed by atoms with van der Waals surface area (Å²) in [6.07, 6.45) is -0.151. The first kappa shape index (κ1) is 19.7. The van der Waals surface area contributed by atoms with Gasteiger partial charge in [0.1, 0.15) is 5.75 Å². The summed E-state index contributed by atoms with van der Waals surface area (Å²) in [4.78, 5) is 10.8. The van der Waals surface area contributed by atoms with Crippen LogP contribution in [0.2, 0.25) is 0 Å². The van der Waals surface area contributed by atoms with Crippen molar-refractivity contribution >= 4 is 13.8 Å². The molecule has 0 aliphatic carbocycles. The van der Waals surface area contributed by atoms with Gasteiger partial charge in [0.25, 0.3) is 0 Å². The Bertz CT molecular complexity index is 577. The van der Waals surface area contributed by atoms with E-state index in [0.717, 1.165) is 0 Å². The van der Waals surface area contributed by atoms with Crippen LogP contribution in [0.15, 0.2) is 24.3 Å². The van der Waals surface area contributed by atoms with Crippen molar-refractivity contribution in [2.45, 2.75) is 59.2 Å². The lowest BCUT2D eigenvalue weighted by atomic mass is 10.1. The number of carboxylic acid groups (broad SMARTS) is 1. The molecule has 1 aromatic carbocycles. The first-order valence-electron chi connectivity index (χ1n) is 7.30. The highest BCUT2D eigenvalue weighted by molar-refractivity contribution is 7.49. The van der Waals surface area contributed by atoms with Gasteiger partial charge in [-0.15, -0.1) is 0 Å². The summed E-state index contributed by atoms with van der Waals surface area (Å²) in [6.45, 7) is 10.5. The van der Waals surface area contributed by atoms with Crippen LogP contribution in [0.1, 0.15) is 47.1 Å². The van der Waals surface area contributed by atoms with Gasteiger partial charge >= 0.3 is 13.8 Å². The molecule has 0 aliphatic heterocycles. The molecule has 0 atom stereocenters. The molecule has 0 bridgehead atoms. The molecule has 7 heteroatoms. The van der Waals surface area contributed by atoms with Gasteiger partial charge in [0, 0.05) is 0 Å². The van der Waals surface area contributed by atoms with E-state index in [2.05, 4.69) is 0 Å². The number of hydrogen-bond acceptors (Lipinski definition) is 5. The van der Waals surface area contributed by atoms with Crippen LogP contribution < -0.4 is 4.52 Å². The number of rotatable bonds is 6. The van der Waals surface area contributed by atoms with E-state index in [0.29, 0.717) is 5.56 Å². The molecule has 0 fully saturated rings. The van der Waals surface area contributed by atoms with Crippen molar-refractivity contribution in [2.24, 2.45) is 0 Å². The monoisotopic (exact) mass is 344 g/mol. The van der Waals surface area contributed by atoms with Gasteiger partial charge < -0.3 is 9.63 Å². The second-order valence-electron chi connectivity index (χ2n) is 7.16. The Morgan fingerprint density at radius 3 is 2.04 bits per heavy atom. The van der Waals surface area contributed by atoms with Crippen LogP contribution in [0.25, 0.3) is 0 Å². The van der Waals surface area contributed by atoms with Crippen LogP contribution in [0.5, 0.6) is 5.75 Å². The van der Waals surface area contributed by atoms with E-state index in [4.69, 9.17) is 18.7 Å². The minimum absolute atomic E-state index is 0.151. The predicted octanol–water partition coefficient (Wildman–Crippen LogP) is 4.43. The summed E-state index contributed by atoms with van der Waals surface area (Å²) in [5.74, 6) is -0.720. The third-order valence-corrected chi connectivity index (χ3v) is 4.22. The molecule has 0 heterocycles. The Labute approximate surface area is 137 Å². The predicted molar refractivity (Wildman–Crippen MR) is 87.7 cm³/mol. The van der Waals surface area contributed by atoms with Crippen molar-refractivity contribution in [1.29, 1.82) is 0 Å². The van der Waals surface area contributed by atoms with Gasteiger partial charge in [-0.2, -0.15) is 0 Å². The molecule has 0 aliphatic rings. The SMILES string of the molecule is CC(C)(C)OP(=O)(Oc1cccc(CC(=O)O)c1)OC(C)(C)C. The number of aliphatic carboxylic acids is 1. The number of hydrogen-bond donors (Lipinski definition) is 1. The highest BCUT2D eigenvalue weighted by atomic mass is 31.2. The molecule has 1 aromatic rings. The molecule has 0 saturated heterocycles. The maximum Gasteiger partial charge on any atom is 0.531 e. The quantitative estimate of drug-likeness (QED) is 0.769. The zero-order chi connectivity index (χ0) is 17.9. The number of benzene rings is 1. The first-order valence-corrected chi connectivity index (χ1v) is 8.76. The van der Waals surface area contributed by atoms with Crippen molar-refractivity contribution in [3.63, 3.8) is 0 Å². The summed E-state index contributed by atoms with van der Waals surface area (Å²) < 4.78 is 29.5. The summed E-state index contributed by atoms with van der Waals surface area (Å²) >= 11 is 0. The van der Waals surface area contributed by atoms with E-state index < -0.39 is 25.0 Å². The molecular weight excluding hydrogens is 319 g/mol. The normalized spacial score (nSPS) is 13.0. The Balaban J connectivity index is 3.05. The Hall–Kier alpha value is -1.36. The molecule has 0 unspecified atom stereocenters. The van der Waals surface area contributed by atoms with Gasteiger partial charge in [-0.1, -0.05) is 12.1 Å². The summed E-state index contributed by atoms with van der Waals surface area (Å²) in [6, 6.07) is 6.38. The molecule has 1 N–H and O–H groups in total. The van der Waals surface area contributed by atoms with E-state index in [1.807, 2.05) is 0 Å². The molecule has 1 rings (SSSR count). The lowest BCUT2D eigenvalue weighted by Crippen LogP contribution is -2.25. The van der Waals surface area contributed by atoms with Gasteiger partial charge in [0.2, 0.25) is 0 Å². The van der Waals surface area contributed by atoms with Crippen LogP contribution in [0, 0.1) is 0 Å². The zero-order valence-electron chi connectivity index (χ0n) is 14.5. The number of carbonyl (C=O) groups is 1. The van der Waals surface area contributed by atoms with Crippen LogP contribution >= 0.6 is 7.82 Å². The highest BCUT2D eigenvalue weighted by Crippen LogP contribution is 2.55. The largest absolute Gasteiger partial charge is 0.531 e. The lowest BCUT2D eigenvalue weighted by Gasteiger charge is -2.30. The molecule has 130 valence electrons. The average Bonchev–Trinajstić information content (AvgIpc) is 2.21. The maximum atomic E-state index is 13.0. The molecule has 23 heavy (non-hydrogen) atoms. The number of phosphoric ester groups is 1. The fraction of sp³-hybridized carbons (Fsp3) is 0.562. The van der Waals surface area contributed by atoms with Crippen molar-refractivity contribution in [2.75, 3.05) is 0 Å². The molecule has 0 aromatic heterocycles. The molecule has 0 saturated carbocycles. The van der Waals surface area contributed by atoms with E-state index in [1.54, 1.807) is 59.7 Å². The Morgan fingerprint density at radius 1 is 1.09 bits per heavy atom. The summed E-state index contributed by atoms with van der Waals surface area (Å²) in [7, 11) is -3.89. The van der Waals surface area contributed by atoms with Crippen LogP contribution in [-0.2, 0) is 24.8 Å². The van der Waals surface area contributed by atoms with Gasteiger partial charge in [-0.3, -0.25) is 13.8 Å². The van der Waals surface area contributed by atoms with E-state index in [-0.39, 0.29) is 12.2 Å². The molecule has 0 spiro atoms. The third-order valence-electron chi connectivity index (χ3n) is 2.24. The third kappa shape index (κ3) is 8.16. The van der Waals surface area contributed by atoms with E-state index in [1.165, 1.54) is 6.07 Å². The van der Waals surface area contributed by atoms with Crippen molar-refractivity contribution in [3.05, 3.63) is 29.8 Å². The van der Waals surface area contributed by atoms with Gasteiger partial charge in [-0.25, -0.2) is 4.57 Å². The summed E-state index contributed by atoms with van der Waals surface area (Å²) in [5.41, 5.74) is -0.938. The minimum atomic E-state index is -3.89. The van der Waals surface area contributed by atoms with Crippen molar-refractivity contribution in [3.8, 4) is 5.75 Å². The van der Waals surface area contributed by atoms with Crippen molar-refractivity contribution < 1.29 is 28.0 Å². The van der Waals surface area contributed by atoms with E-state index >= 15 is 0 Å². The van der Waals surface area contributed by atoms with Gasteiger partial charge in [-0.05, 0) is 59.2 Å². The van der Waals surface area contributed by atoms with Crippen LogP contribution in [0.4, 0.5) is 0 Å². The first-order chi connectivity index (χ1) is 10.3. The average molecular weight is 344 g/mol. The topological polar surface area (TPSA) is 82.1 Å². The highest BCUT2D eigenvalue weighted by Gasteiger charge is 2.38. The van der Waals surface area contributed by atoms with Gasteiger partial charge in [0.05, 0.1) is 17.6 Å². The molecule has 0 radical (unpaired) electrons.